The van der Waals surface area contributed by atoms with Gasteiger partial charge in [0.1, 0.15) is 0 Å². The Hall–Kier alpha value is -1.31. The van der Waals surface area contributed by atoms with Gasteiger partial charge in [-0.3, -0.25) is 4.79 Å². The third-order valence-electron chi connectivity index (χ3n) is 1.94. The maximum absolute atomic E-state index is 10.7. The van der Waals surface area contributed by atoms with Crippen molar-refractivity contribution in [2.24, 2.45) is 0 Å². The molecule has 0 aliphatic heterocycles. The van der Waals surface area contributed by atoms with Crippen molar-refractivity contribution in [2.75, 3.05) is 0 Å². The number of carbonyl (C=O) groups excluding carboxylic acids is 1. The molecule has 2 nitrogen and oxygen atoms in total. The molecular weight excluding hydrogens is 162 g/mol. The van der Waals surface area contributed by atoms with E-state index < -0.39 is 0 Å². The fraction of sp³-hybridized carbons (Fsp3) is 0.364. The minimum Gasteiger partial charge on any atom is -0.352 e. The Morgan fingerprint density at radius 3 is 2.69 bits per heavy atom. The van der Waals surface area contributed by atoms with E-state index in [2.05, 4.69) is 24.4 Å². The van der Waals surface area contributed by atoms with E-state index >= 15 is 0 Å². The quantitative estimate of drug-likeness (QED) is 0.750. The summed E-state index contributed by atoms with van der Waals surface area (Å²) < 4.78 is 0. The molecule has 0 saturated heterocycles. The van der Waals surface area contributed by atoms with Crippen molar-refractivity contribution in [3.05, 3.63) is 35.4 Å². The Morgan fingerprint density at radius 1 is 1.38 bits per heavy atom. The molecule has 70 valence electrons. The second-order valence-electron chi connectivity index (χ2n) is 3.08. The Bertz CT molecular complexity index is 294. The van der Waals surface area contributed by atoms with Crippen LogP contribution >= 0.6 is 0 Å². The fourth-order valence-corrected chi connectivity index (χ4v) is 1.19. The van der Waals surface area contributed by atoms with E-state index in [9.17, 15) is 4.79 Å². The van der Waals surface area contributed by atoms with E-state index in [0.29, 0.717) is 6.54 Å². The molecule has 0 spiro atoms. The molecule has 1 N–H and O–H groups in total. The molecule has 2 heteroatoms. The van der Waals surface area contributed by atoms with E-state index in [1.54, 1.807) is 0 Å². The second-order valence-corrected chi connectivity index (χ2v) is 3.08. The average molecular weight is 177 g/mol. The lowest BCUT2D eigenvalue weighted by molar-refractivity contribution is -0.119. The summed E-state index contributed by atoms with van der Waals surface area (Å²) in [6.45, 7) is 4.28. The lowest BCUT2D eigenvalue weighted by Crippen LogP contribution is -2.18. The van der Waals surface area contributed by atoms with Gasteiger partial charge in [-0.2, -0.15) is 0 Å². The Balaban J connectivity index is 2.61. The highest BCUT2D eigenvalue weighted by molar-refractivity contribution is 5.72. The van der Waals surface area contributed by atoms with Crippen LogP contribution in [0.25, 0.3) is 0 Å². The maximum Gasteiger partial charge on any atom is 0.217 e. The zero-order valence-electron chi connectivity index (χ0n) is 8.13. The maximum atomic E-state index is 10.7. The van der Waals surface area contributed by atoms with Crippen LogP contribution in [-0.4, -0.2) is 5.91 Å². The summed E-state index contributed by atoms with van der Waals surface area (Å²) in [7, 11) is 0. The van der Waals surface area contributed by atoms with Gasteiger partial charge in [0.15, 0.2) is 0 Å². The van der Waals surface area contributed by atoms with Gasteiger partial charge in [-0.25, -0.2) is 0 Å². The smallest absolute Gasteiger partial charge is 0.217 e. The number of carbonyl (C=O) groups is 1. The van der Waals surface area contributed by atoms with Crippen LogP contribution in [0.3, 0.4) is 0 Å². The molecule has 0 unspecified atom stereocenters. The summed E-state index contributed by atoms with van der Waals surface area (Å²) in [5.74, 6) is 0.0156. The summed E-state index contributed by atoms with van der Waals surface area (Å²) in [6, 6.07) is 8.26. The highest BCUT2D eigenvalue weighted by atomic mass is 16.1. The van der Waals surface area contributed by atoms with Crippen LogP contribution in [0, 0.1) is 0 Å². The van der Waals surface area contributed by atoms with Gasteiger partial charge in [-0.05, 0) is 17.5 Å². The molecule has 1 rings (SSSR count). The Morgan fingerprint density at radius 2 is 2.08 bits per heavy atom. The van der Waals surface area contributed by atoms with Crippen molar-refractivity contribution in [1.29, 1.82) is 0 Å². The fourth-order valence-electron chi connectivity index (χ4n) is 1.19. The van der Waals surface area contributed by atoms with Gasteiger partial charge in [0.25, 0.3) is 0 Å². The number of nitrogens with one attached hydrogen (secondary N) is 1. The predicted octanol–water partition coefficient (Wildman–Crippen LogP) is 1.89. The van der Waals surface area contributed by atoms with Gasteiger partial charge in [-0.1, -0.05) is 31.2 Å². The number of hydrogen-bond acceptors (Lipinski definition) is 1. The molecule has 13 heavy (non-hydrogen) atoms. The summed E-state index contributed by atoms with van der Waals surface area (Å²) >= 11 is 0. The first kappa shape index (κ1) is 9.78. The molecule has 0 bridgehead atoms. The molecule has 0 heterocycles. The topological polar surface area (TPSA) is 29.1 Å². The third-order valence-corrected chi connectivity index (χ3v) is 1.94. The predicted molar refractivity (Wildman–Crippen MR) is 53.3 cm³/mol. The molecule has 1 aromatic carbocycles. The molecule has 0 saturated carbocycles. The van der Waals surface area contributed by atoms with Crippen molar-refractivity contribution in [1.82, 2.24) is 5.32 Å². The number of amides is 1. The van der Waals surface area contributed by atoms with E-state index in [4.69, 9.17) is 0 Å². The van der Waals surface area contributed by atoms with Crippen LogP contribution < -0.4 is 5.32 Å². The van der Waals surface area contributed by atoms with Crippen LogP contribution in [0.4, 0.5) is 0 Å². The van der Waals surface area contributed by atoms with E-state index in [1.807, 2.05) is 12.1 Å². The van der Waals surface area contributed by atoms with Gasteiger partial charge in [0.2, 0.25) is 5.91 Å². The number of benzene rings is 1. The first-order valence-electron chi connectivity index (χ1n) is 4.54. The molecule has 0 atom stereocenters. The summed E-state index contributed by atoms with van der Waals surface area (Å²) in [5, 5.41) is 2.77. The van der Waals surface area contributed by atoms with E-state index in [0.717, 1.165) is 12.0 Å². The molecule has 0 aromatic heterocycles. The third kappa shape index (κ3) is 3.28. The lowest BCUT2D eigenvalue weighted by atomic mass is 10.1. The SMILES string of the molecule is CCc1cccc(CNC(C)=O)c1. The minimum absolute atomic E-state index is 0.0156. The van der Waals surface area contributed by atoms with Gasteiger partial charge < -0.3 is 5.32 Å². The van der Waals surface area contributed by atoms with Crippen LogP contribution in [0.1, 0.15) is 25.0 Å². The van der Waals surface area contributed by atoms with Crippen LogP contribution in [0.2, 0.25) is 0 Å². The van der Waals surface area contributed by atoms with Crippen molar-refractivity contribution in [3.63, 3.8) is 0 Å². The van der Waals surface area contributed by atoms with Crippen LogP contribution in [0.5, 0.6) is 0 Å². The number of aryl methyl sites for hydroxylation is 1. The number of rotatable bonds is 3. The monoisotopic (exact) mass is 177 g/mol. The molecule has 0 aliphatic rings. The molecule has 1 amide bonds. The second kappa shape index (κ2) is 4.65. The van der Waals surface area contributed by atoms with Crippen LogP contribution in [-0.2, 0) is 17.8 Å². The van der Waals surface area contributed by atoms with Crippen molar-refractivity contribution >= 4 is 5.91 Å². The van der Waals surface area contributed by atoms with Crippen molar-refractivity contribution < 1.29 is 4.79 Å². The zero-order chi connectivity index (χ0) is 9.68. The highest BCUT2D eigenvalue weighted by Gasteiger charge is 1.95. The number of hydrogen-bond donors (Lipinski definition) is 1. The minimum atomic E-state index is 0.0156. The van der Waals surface area contributed by atoms with Gasteiger partial charge in [0.05, 0.1) is 0 Å². The summed E-state index contributed by atoms with van der Waals surface area (Å²) in [5.41, 5.74) is 2.47. The molecule has 1 aromatic rings. The molecule has 0 fully saturated rings. The first-order valence-corrected chi connectivity index (χ1v) is 4.54. The first-order chi connectivity index (χ1) is 6.22. The summed E-state index contributed by atoms with van der Waals surface area (Å²) in [4.78, 5) is 10.7. The van der Waals surface area contributed by atoms with E-state index in [-0.39, 0.29) is 5.91 Å². The normalized spacial score (nSPS) is 9.69. The summed E-state index contributed by atoms with van der Waals surface area (Å²) in [6.07, 6.45) is 1.04. The van der Waals surface area contributed by atoms with Crippen molar-refractivity contribution in [3.8, 4) is 0 Å². The lowest BCUT2D eigenvalue weighted by Gasteiger charge is -2.03. The molecule has 0 aliphatic carbocycles. The standard InChI is InChI=1S/C11H15NO/c1-3-10-5-4-6-11(7-10)8-12-9(2)13/h4-7H,3,8H2,1-2H3,(H,12,13). The molecular formula is C11H15NO. The highest BCUT2D eigenvalue weighted by Crippen LogP contribution is 2.05. The van der Waals surface area contributed by atoms with Gasteiger partial charge in [0, 0.05) is 13.5 Å². The Labute approximate surface area is 79.0 Å². The van der Waals surface area contributed by atoms with Gasteiger partial charge >= 0.3 is 0 Å². The molecule has 0 radical (unpaired) electrons. The zero-order valence-corrected chi connectivity index (χ0v) is 8.13. The van der Waals surface area contributed by atoms with Crippen LogP contribution in [0.15, 0.2) is 24.3 Å². The Kier molecular flexibility index (Phi) is 3.50. The largest absolute Gasteiger partial charge is 0.352 e. The van der Waals surface area contributed by atoms with Crippen molar-refractivity contribution in [2.45, 2.75) is 26.8 Å². The van der Waals surface area contributed by atoms with Gasteiger partial charge in [-0.15, -0.1) is 0 Å². The average Bonchev–Trinajstić information content (AvgIpc) is 2.15. The van der Waals surface area contributed by atoms with E-state index in [1.165, 1.54) is 12.5 Å².